The van der Waals surface area contributed by atoms with Crippen LogP contribution in [0.15, 0.2) is 27.6 Å². The van der Waals surface area contributed by atoms with Crippen molar-refractivity contribution in [1.82, 2.24) is 14.5 Å². The van der Waals surface area contributed by atoms with E-state index < -0.39 is 0 Å². The van der Waals surface area contributed by atoms with Crippen molar-refractivity contribution in [2.24, 2.45) is 0 Å². The van der Waals surface area contributed by atoms with Crippen LogP contribution in [-0.2, 0) is 6.54 Å². The van der Waals surface area contributed by atoms with Gasteiger partial charge in [0, 0.05) is 24.0 Å². The molecule has 0 amide bonds. The highest BCUT2D eigenvalue weighted by molar-refractivity contribution is 9.10. The molecule has 0 aliphatic rings. The van der Waals surface area contributed by atoms with Gasteiger partial charge in [-0.1, -0.05) is 6.07 Å². The molecule has 2 heterocycles. The molecule has 0 saturated heterocycles. The normalized spacial score (nSPS) is 10.6. The zero-order valence-electron chi connectivity index (χ0n) is 11.8. The van der Waals surface area contributed by atoms with E-state index in [0.717, 1.165) is 28.1 Å². The Morgan fingerprint density at radius 2 is 2.15 bits per heavy atom. The van der Waals surface area contributed by atoms with Crippen LogP contribution in [0.5, 0.6) is 0 Å². The highest BCUT2D eigenvalue weighted by atomic mass is 79.9. The van der Waals surface area contributed by atoms with Crippen LogP contribution in [-0.4, -0.2) is 21.1 Å². The SMILES string of the molecule is CCNc1ncccc1Cn1c(C)c(Br)c(C)nc1=O. The highest BCUT2D eigenvalue weighted by Crippen LogP contribution is 2.19. The zero-order chi connectivity index (χ0) is 14.7. The summed E-state index contributed by atoms with van der Waals surface area (Å²) >= 11 is 3.47. The molecule has 6 heteroatoms. The molecule has 1 N–H and O–H groups in total. The first-order valence-corrected chi connectivity index (χ1v) is 7.25. The van der Waals surface area contributed by atoms with E-state index in [0.29, 0.717) is 12.2 Å². The predicted octanol–water partition coefficient (Wildman–Crippen LogP) is 2.50. The molecule has 0 spiro atoms. The van der Waals surface area contributed by atoms with Crippen molar-refractivity contribution < 1.29 is 0 Å². The molecule has 0 saturated carbocycles. The zero-order valence-corrected chi connectivity index (χ0v) is 13.4. The smallest absolute Gasteiger partial charge is 0.348 e. The van der Waals surface area contributed by atoms with Crippen molar-refractivity contribution in [3.8, 4) is 0 Å². The summed E-state index contributed by atoms with van der Waals surface area (Å²) < 4.78 is 2.51. The van der Waals surface area contributed by atoms with Crippen LogP contribution in [0.25, 0.3) is 0 Å². The number of rotatable bonds is 4. The van der Waals surface area contributed by atoms with E-state index in [4.69, 9.17) is 0 Å². The van der Waals surface area contributed by atoms with Gasteiger partial charge < -0.3 is 5.32 Å². The van der Waals surface area contributed by atoms with Crippen LogP contribution in [0.4, 0.5) is 5.82 Å². The molecule has 0 radical (unpaired) electrons. The third-order valence-corrected chi connectivity index (χ3v) is 4.25. The fraction of sp³-hybridized carbons (Fsp3) is 0.357. The number of pyridine rings is 1. The van der Waals surface area contributed by atoms with Gasteiger partial charge in [-0.15, -0.1) is 0 Å². The van der Waals surface area contributed by atoms with Crippen LogP contribution in [0.1, 0.15) is 23.9 Å². The van der Waals surface area contributed by atoms with Crippen molar-refractivity contribution in [2.75, 3.05) is 11.9 Å². The summed E-state index contributed by atoms with van der Waals surface area (Å²) in [6, 6.07) is 3.83. The number of anilines is 1. The maximum absolute atomic E-state index is 12.1. The lowest BCUT2D eigenvalue weighted by Crippen LogP contribution is -2.27. The molecule has 2 aromatic rings. The van der Waals surface area contributed by atoms with Crippen molar-refractivity contribution in [3.05, 3.63) is 50.2 Å². The summed E-state index contributed by atoms with van der Waals surface area (Å²) in [6.07, 6.45) is 1.74. The Morgan fingerprint density at radius 1 is 1.40 bits per heavy atom. The van der Waals surface area contributed by atoms with E-state index in [9.17, 15) is 4.79 Å². The lowest BCUT2D eigenvalue weighted by molar-refractivity contribution is 0.687. The highest BCUT2D eigenvalue weighted by Gasteiger charge is 2.11. The Bertz CT molecular complexity index is 681. The Balaban J connectivity index is 2.46. The minimum atomic E-state index is -0.241. The number of hydrogen-bond donors (Lipinski definition) is 1. The van der Waals surface area contributed by atoms with Gasteiger partial charge in [0.15, 0.2) is 0 Å². The molecule has 0 aromatic carbocycles. The maximum Gasteiger partial charge on any atom is 0.348 e. The van der Waals surface area contributed by atoms with Gasteiger partial charge in [-0.2, -0.15) is 4.98 Å². The molecule has 0 fully saturated rings. The molecule has 0 aliphatic heterocycles. The van der Waals surface area contributed by atoms with Gasteiger partial charge in [0.25, 0.3) is 0 Å². The molecule has 0 aliphatic carbocycles. The second-order valence-corrected chi connectivity index (χ2v) is 5.30. The minimum Gasteiger partial charge on any atom is -0.370 e. The Labute approximate surface area is 126 Å². The summed E-state index contributed by atoms with van der Waals surface area (Å²) in [7, 11) is 0. The molecule has 5 nitrogen and oxygen atoms in total. The Kier molecular flexibility index (Phi) is 4.54. The average Bonchev–Trinajstić information content (AvgIpc) is 2.43. The second-order valence-electron chi connectivity index (χ2n) is 4.51. The topological polar surface area (TPSA) is 59.8 Å². The molecule has 20 heavy (non-hydrogen) atoms. The summed E-state index contributed by atoms with van der Waals surface area (Å²) in [4.78, 5) is 20.4. The number of halogens is 1. The van der Waals surface area contributed by atoms with Crippen molar-refractivity contribution in [1.29, 1.82) is 0 Å². The van der Waals surface area contributed by atoms with E-state index >= 15 is 0 Å². The second kappa shape index (κ2) is 6.17. The third kappa shape index (κ3) is 2.90. The van der Waals surface area contributed by atoms with Crippen LogP contribution in [0, 0.1) is 13.8 Å². The molecule has 2 aromatic heterocycles. The monoisotopic (exact) mass is 336 g/mol. The minimum absolute atomic E-state index is 0.241. The van der Waals surface area contributed by atoms with Crippen molar-refractivity contribution in [2.45, 2.75) is 27.3 Å². The van der Waals surface area contributed by atoms with E-state index in [1.165, 1.54) is 0 Å². The first-order valence-electron chi connectivity index (χ1n) is 6.46. The molecular formula is C14H17BrN4O. The van der Waals surface area contributed by atoms with Gasteiger partial charge in [-0.3, -0.25) is 4.57 Å². The largest absolute Gasteiger partial charge is 0.370 e. The molecule has 0 unspecified atom stereocenters. The number of aromatic nitrogens is 3. The fourth-order valence-electron chi connectivity index (χ4n) is 2.03. The molecule has 2 rings (SSSR count). The molecule has 0 bridgehead atoms. The van der Waals surface area contributed by atoms with Crippen LogP contribution >= 0.6 is 15.9 Å². The number of hydrogen-bond acceptors (Lipinski definition) is 4. The van der Waals surface area contributed by atoms with E-state index in [-0.39, 0.29) is 5.69 Å². The van der Waals surface area contributed by atoms with Gasteiger partial charge in [0.2, 0.25) is 0 Å². The van der Waals surface area contributed by atoms with Crippen molar-refractivity contribution >= 4 is 21.7 Å². The first-order chi connectivity index (χ1) is 9.54. The number of aryl methyl sites for hydroxylation is 1. The van der Waals surface area contributed by atoms with E-state index in [1.807, 2.05) is 32.9 Å². The van der Waals surface area contributed by atoms with Gasteiger partial charge in [-0.25, -0.2) is 9.78 Å². The van der Waals surface area contributed by atoms with Crippen LogP contribution in [0.2, 0.25) is 0 Å². The summed E-state index contributed by atoms with van der Waals surface area (Å²) in [5, 5.41) is 3.20. The Morgan fingerprint density at radius 3 is 2.85 bits per heavy atom. The molecule has 106 valence electrons. The first kappa shape index (κ1) is 14.7. The average molecular weight is 337 g/mol. The lowest BCUT2D eigenvalue weighted by atomic mass is 10.2. The van der Waals surface area contributed by atoms with Gasteiger partial charge in [0.05, 0.1) is 16.7 Å². The van der Waals surface area contributed by atoms with E-state index in [2.05, 4.69) is 31.2 Å². The quantitative estimate of drug-likeness (QED) is 0.931. The van der Waals surface area contributed by atoms with Gasteiger partial charge in [0.1, 0.15) is 5.82 Å². The van der Waals surface area contributed by atoms with Crippen molar-refractivity contribution in [3.63, 3.8) is 0 Å². The fourth-order valence-corrected chi connectivity index (χ4v) is 2.33. The lowest BCUT2D eigenvalue weighted by Gasteiger charge is -2.14. The summed E-state index contributed by atoms with van der Waals surface area (Å²) in [5.74, 6) is 0.804. The van der Waals surface area contributed by atoms with Gasteiger partial charge in [-0.05, 0) is 42.8 Å². The number of nitrogens with one attached hydrogen (secondary N) is 1. The summed E-state index contributed by atoms with van der Waals surface area (Å²) in [5.41, 5.74) is 2.31. The summed E-state index contributed by atoms with van der Waals surface area (Å²) in [6.45, 7) is 6.97. The predicted molar refractivity (Wildman–Crippen MR) is 83.2 cm³/mol. The standard InChI is InChI=1S/C14H17BrN4O/c1-4-16-13-11(6-5-7-17-13)8-19-10(3)12(15)9(2)18-14(19)20/h5-7H,4,8H2,1-3H3,(H,16,17). The molecule has 0 atom stereocenters. The molecular weight excluding hydrogens is 320 g/mol. The van der Waals surface area contributed by atoms with E-state index in [1.54, 1.807) is 10.8 Å². The van der Waals surface area contributed by atoms with Crippen LogP contribution in [0.3, 0.4) is 0 Å². The van der Waals surface area contributed by atoms with Crippen LogP contribution < -0.4 is 11.0 Å². The van der Waals surface area contributed by atoms with Gasteiger partial charge >= 0.3 is 5.69 Å². The Hall–Kier alpha value is -1.69. The number of nitrogens with zero attached hydrogens (tertiary/aromatic N) is 3. The maximum atomic E-state index is 12.1. The third-order valence-electron chi connectivity index (χ3n) is 3.10.